The van der Waals surface area contributed by atoms with E-state index in [1.807, 2.05) is 0 Å². The molecule has 37 heavy (non-hydrogen) atoms. The van der Waals surface area contributed by atoms with Gasteiger partial charge in [-0.2, -0.15) is 41.3 Å². The first-order valence-corrected chi connectivity index (χ1v) is 10.9. The SMILES string of the molecule is CC(Nc1nc(Nc2ccnc(-c3ccc(Cl)cc3)c2)nc(-c2cccc(C(F)(F)F)n2)n1)C(F)(F)F. The minimum atomic E-state index is -4.74. The van der Waals surface area contributed by atoms with E-state index in [1.54, 1.807) is 36.4 Å². The summed E-state index contributed by atoms with van der Waals surface area (Å²) >= 11 is 5.92. The predicted molar refractivity (Wildman–Crippen MR) is 125 cm³/mol. The highest BCUT2D eigenvalue weighted by atomic mass is 35.5. The van der Waals surface area contributed by atoms with E-state index in [1.165, 1.54) is 12.3 Å². The maximum absolute atomic E-state index is 13.2. The summed E-state index contributed by atoms with van der Waals surface area (Å²) in [6, 6.07) is 11.0. The monoisotopic (exact) mass is 539 g/mol. The zero-order valence-electron chi connectivity index (χ0n) is 18.7. The van der Waals surface area contributed by atoms with Crippen molar-refractivity contribution in [2.24, 2.45) is 0 Å². The molecule has 1 unspecified atom stereocenters. The van der Waals surface area contributed by atoms with E-state index in [0.29, 0.717) is 16.4 Å². The van der Waals surface area contributed by atoms with E-state index in [4.69, 9.17) is 11.6 Å². The Labute approximate surface area is 211 Å². The van der Waals surface area contributed by atoms with Crippen molar-refractivity contribution in [3.05, 3.63) is 71.5 Å². The minimum absolute atomic E-state index is 0.227. The summed E-state index contributed by atoms with van der Waals surface area (Å²) in [5.41, 5.74) is 0.168. The highest BCUT2D eigenvalue weighted by Crippen LogP contribution is 2.30. The number of hydrogen-bond acceptors (Lipinski definition) is 7. The van der Waals surface area contributed by atoms with E-state index in [-0.39, 0.29) is 17.5 Å². The number of alkyl halides is 6. The van der Waals surface area contributed by atoms with Gasteiger partial charge in [-0.15, -0.1) is 0 Å². The molecule has 0 aliphatic heterocycles. The third kappa shape index (κ3) is 6.61. The van der Waals surface area contributed by atoms with Crippen LogP contribution < -0.4 is 10.6 Å². The highest BCUT2D eigenvalue weighted by Gasteiger charge is 2.37. The number of nitrogens with zero attached hydrogens (tertiary/aromatic N) is 5. The number of rotatable bonds is 6. The third-order valence-electron chi connectivity index (χ3n) is 4.90. The van der Waals surface area contributed by atoms with Crippen LogP contribution in [0.2, 0.25) is 5.02 Å². The van der Waals surface area contributed by atoms with E-state index >= 15 is 0 Å². The average molecular weight is 540 g/mol. The Hall–Kier alpha value is -4.00. The van der Waals surface area contributed by atoms with Gasteiger partial charge in [-0.3, -0.25) is 4.98 Å². The maximum atomic E-state index is 13.2. The third-order valence-corrected chi connectivity index (χ3v) is 5.15. The van der Waals surface area contributed by atoms with Gasteiger partial charge in [0.25, 0.3) is 0 Å². The number of hydrogen-bond donors (Lipinski definition) is 2. The van der Waals surface area contributed by atoms with Crippen molar-refractivity contribution in [3.8, 4) is 22.8 Å². The molecule has 3 heterocycles. The molecule has 0 aliphatic carbocycles. The van der Waals surface area contributed by atoms with Crippen LogP contribution in [0.1, 0.15) is 12.6 Å². The molecule has 0 fully saturated rings. The molecule has 1 aromatic carbocycles. The Kier molecular flexibility index (Phi) is 7.16. The predicted octanol–water partition coefficient (Wildman–Crippen LogP) is 6.77. The number of nitrogens with one attached hydrogen (secondary N) is 2. The van der Waals surface area contributed by atoms with Gasteiger partial charge < -0.3 is 10.6 Å². The molecular formula is C23H16ClF6N7. The zero-order valence-corrected chi connectivity index (χ0v) is 19.5. The van der Waals surface area contributed by atoms with E-state index in [0.717, 1.165) is 24.6 Å². The Balaban J connectivity index is 1.72. The molecular weight excluding hydrogens is 524 g/mol. The van der Waals surface area contributed by atoms with Crippen molar-refractivity contribution in [3.63, 3.8) is 0 Å². The lowest BCUT2D eigenvalue weighted by Crippen LogP contribution is -2.34. The second-order valence-corrected chi connectivity index (χ2v) is 8.12. The Morgan fingerprint density at radius 3 is 2.19 bits per heavy atom. The van der Waals surface area contributed by atoms with Gasteiger partial charge in [0.15, 0.2) is 5.82 Å². The molecule has 0 aliphatic rings. The molecule has 192 valence electrons. The first kappa shape index (κ1) is 26.1. The van der Waals surface area contributed by atoms with Gasteiger partial charge in [0.2, 0.25) is 11.9 Å². The van der Waals surface area contributed by atoms with E-state index in [9.17, 15) is 26.3 Å². The Bertz CT molecular complexity index is 1390. The molecule has 4 aromatic rings. The van der Waals surface area contributed by atoms with Crippen LogP contribution in [-0.2, 0) is 6.18 Å². The summed E-state index contributed by atoms with van der Waals surface area (Å²) in [4.78, 5) is 19.7. The first-order valence-electron chi connectivity index (χ1n) is 10.5. The van der Waals surface area contributed by atoms with Crippen molar-refractivity contribution in [1.29, 1.82) is 0 Å². The lowest BCUT2D eigenvalue weighted by molar-refractivity contribution is -0.141. The lowest BCUT2D eigenvalue weighted by Gasteiger charge is -2.18. The van der Waals surface area contributed by atoms with Gasteiger partial charge in [-0.05, 0) is 43.3 Å². The Morgan fingerprint density at radius 1 is 0.811 bits per heavy atom. The second kappa shape index (κ2) is 10.2. The fourth-order valence-electron chi connectivity index (χ4n) is 3.02. The molecule has 0 spiro atoms. The summed E-state index contributed by atoms with van der Waals surface area (Å²) in [6.45, 7) is 0.848. The maximum Gasteiger partial charge on any atom is 0.433 e. The van der Waals surface area contributed by atoms with Gasteiger partial charge in [0, 0.05) is 22.5 Å². The van der Waals surface area contributed by atoms with Crippen molar-refractivity contribution in [1.82, 2.24) is 24.9 Å². The fraction of sp³-hybridized carbons (Fsp3) is 0.174. The van der Waals surface area contributed by atoms with Crippen LogP contribution in [0.5, 0.6) is 0 Å². The van der Waals surface area contributed by atoms with Gasteiger partial charge >= 0.3 is 12.4 Å². The van der Waals surface area contributed by atoms with Crippen molar-refractivity contribution >= 4 is 29.2 Å². The first-order chi connectivity index (χ1) is 17.4. The molecule has 0 amide bonds. The largest absolute Gasteiger partial charge is 0.433 e. The number of pyridine rings is 2. The van der Waals surface area contributed by atoms with Gasteiger partial charge in [-0.25, -0.2) is 4.98 Å². The van der Waals surface area contributed by atoms with E-state index < -0.39 is 30.0 Å². The number of anilines is 3. The van der Waals surface area contributed by atoms with Crippen LogP contribution in [0, 0.1) is 0 Å². The highest BCUT2D eigenvalue weighted by molar-refractivity contribution is 6.30. The van der Waals surface area contributed by atoms with Crippen molar-refractivity contribution in [2.45, 2.75) is 25.3 Å². The van der Waals surface area contributed by atoms with Crippen LogP contribution in [0.4, 0.5) is 43.9 Å². The molecule has 0 bridgehead atoms. The Morgan fingerprint density at radius 2 is 1.51 bits per heavy atom. The summed E-state index contributed by atoms with van der Waals surface area (Å²) < 4.78 is 78.8. The summed E-state index contributed by atoms with van der Waals surface area (Å²) in [6.07, 6.45) is -7.90. The van der Waals surface area contributed by atoms with Gasteiger partial charge in [0.1, 0.15) is 17.4 Å². The molecule has 0 radical (unpaired) electrons. The average Bonchev–Trinajstić information content (AvgIpc) is 2.83. The van der Waals surface area contributed by atoms with Crippen LogP contribution in [0.25, 0.3) is 22.8 Å². The topological polar surface area (TPSA) is 88.5 Å². The number of aromatic nitrogens is 5. The van der Waals surface area contributed by atoms with Gasteiger partial charge in [0.05, 0.1) is 5.69 Å². The molecule has 4 rings (SSSR count). The molecule has 3 aromatic heterocycles. The van der Waals surface area contributed by atoms with E-state index in [2.05, 4.69) is 35.6 Å². The second-order valence-electron chi connectivity index (χ2n) is 7.68. The zero-order chi connectivity index (χ0) is 26.8. The molecule has 14 heteroatoms. The van der Waals surface area contributed by atoms with Crippen molar-refractivity contribution in [2.75, 3.05) is 10.6 Å². The molecule has 0 saturated heterocycles. The smallest absolute Gasteiger partial charge is 0.343 e. The molecule has 0 saturated carbocycles. The molecule has 7 nitrogen and oxygen atoms in total. The van der Waals surface area contributed by atoms with Crippen LogP contribution in [0.3, 0.4) is 0 Å². The summed E-state index contributed by atoms with van der Waals surface area (Å²) in [5, 5.41) is 5.47. The quantitative estimate of drug-likeness (QED) is 0.261. The van der Waals surface area contributed by atoms with Crippen LogP contribution in [-0.4, -0.2) is 37.1 Å². The normalized spacial score (nSPS) is 12.8. The summed E-state index contributed by atoms with van der Waals surface area (Å²) in [5.74, 6) is -1.11. The minimum Gasteiger partial charge on any atom is -0.343 e. The number of benzene rings is 1. The molecule has 1 atom stereocenters. The van der Waals surface area contributed by atoms with Crippen molar-refractivity contribution < 1.29 is 26.3 Å². The standard InChI is InChI=1S/C23H16ClF6N7/c1-12(22(25,26)27)32-20-35-19(16-3-2-4-18(34-16)23(28,29)30)36-21(37-20)33-15-9-10-31-17(11-15)13-5-7-14(24)8-6-13/h2-12H,1H3,(H2,31,32,33,35,36,37). The number of halogens is 7. The van der Waals surface area contributed by atoms with Crippen LogP contribution in [0.15, 0.2) is 60.8 Å². The fourth-order valence-corrected chi connectivity index (χ4v) is 3.15. The summed E-state index contributed by atoms with van der Waals surface area (Å²) in [7, 11) is 0. The van der Waals surface area contributed by atoms with Gasteiger partial charge in [-0.1, -0.05) is 29.8 Å². The lowest BCUT2D eigenvalue weighted by atomic mass is 10.1. The van der Waals surface area contributed by atoms with Crippen LogP contribution >= 0.6 is 11.6 Å². The molecule has 2 N–H and O–H groups in total.